The van der Waals surface area contributed by atoms with Gasteiger partial charge < -0.3 is 25.0 Å². The van der Waals surface area contributed by atoms with Crippen molar-refractivity contribution in [2.45, 2.75) is 113 Å². The molecule has 2 bridgehead atoms. The molecule has 1 spiro atoms. The molecule has 5 fully saturated rings. The minimum Gasteiger partial charge on any atom is -0.381 e. The van der Waals surface area contributed by atoms with Crippen LogP contribution < -0.4 is 5.32 Å². The van der Waals surface area contributed by atoms with Gasteiger partial charge in [0, 0.05) is 56.9 Å². The molecular formula is C33H47F3N4O4. The van der Waals surface area contributed by atoms with Gasteiger partial charge in [-0.1, -0.05) is 30.3 Å². The van der Waals surface area contributed by atoms with E-state index in [1.165, 1.54) is 0 Å². The Hall–Kier alpha value is -2.37. The zero-order valence-electron chi connectivity index (χ0n) is 25.9. The Morgan fingerprint density at radius 1 is 1.05 bits per heavy atom. The van der Waals surface area contributed by atoms with E-state index >= 15 is 0 Å². The summed E-state index contributed by atoms with van der Waals surface area (Å²) in [5.41, 5.74) is -2.03. The molecule has 0 aromatic heterocycles. The van der Waals surface area contributed by atoms with Crippen molar-refractivity contribution >= 4 is 11.9 Å². The van der Waals surface area contributed by atoms with E-state index in [1.807, 2.05) is 30.3 Å². The van der Waals surface area contributed by atoms with E-state index in [1.54, 1.807) is 0 Å². The van der Waals surface area contributed by atoms with Crippen molar-refractivity contribution in [3.63, 3.8) is 0 Å². The number of halogens is 3. The van der Waals surface area contributed by atoms with Crippen LogP contribution in [0, 0.1) is 11.8 Å². The first-order valence-corrected chi connectivity index (χ1v) is 16.5. The van der Waals surface area contributed by atoms with Crippen molar-refractivity contribution in [2.24, 2.45) is 11.8 Å². The van der Waals surface area contributed by atoms with Crippen LogP contribution in [0.15, 0.2) is 30.3 Å². The van der Waals surface area contributed by atoms with E-state index in [2.05, 4.69) is 33.9 Å². The summed E-state index contributed by atoms with van der Waals surface area (Å²) in [6, 6.07) is 10.2. The summed E-state index contributed by atoms with van der Waals surface area (Å²) in [6.45, 7) is 8.11. The molecule has 0 radical (unpaired) electrons. The Labute approximate surface area is 258 Å². The predicted octanol–water partition coefficient (Wildman–Crippen LogP) is 4.88. The molecule has 244 valence electrons. The topological polar surface area (TPSA) is 85.4 Å². The van der Waals surface area contributed by atoms with Crippen molar-refractivity contribution in [3.05, 3.63) is 35.9 Å². The molecule has 1 aliphatic carbocycles. The summed E-state index contributed by atoms with van der Waals surface area (Å²) in [5, 5.41) is 12.9. The molecule has 2 unspecified atom stereocenters. The number of amides is 3. The molecule has 2 N–H and O–H groups in total. The van der Waals surface area contributed by atoms with Crippen LogP contribution in [0.5, 0.6) is 0 Å². The average Bonchev–Trinajstić information content (AvgIpc) is 3.37. The number of piperidine rings is 1. The van der Waals surface area contributed by atoms with E-state index in [0.29, 0.717) is 24.4 Å². The lowest BCUT2D eigenvalue weighted by atomic mass is 9.70. The Kier molecular flexibility index (Phi) is 8.69. The molecular weight excluding hydrogens is 573 g/mol. The first-order valence-electron chi connectivity index (χ1n) is 16.5. The summed E-state index contributed by atoms with van der Waals surface area (Å²) >= 11 is 0. The summed E-state index contributed by atoms with van der Waals surface area (Å²) in [4.78, 5) is 33.6. The first-order chi connectivity index (χ1) is 20.9. The smallest absolute Gasteiger partial charge is 0.381 e. The van der Waals surface area contributed by atoms with Gasteiger partial charge in [-0.15, -0.1) is 0 Å². The molecule has 11 heteroatoms. The molecule has 8 nitrogen and oxygen atoms in total. The number of benzene rings is 1. The first kappa shape index (κ1) is 31.6. The molecule has 1 aromatic carbocycles. The molecule has 1 saturated carbocycles. The average molecular weight is 621 g/mol. The van der Waals surface area contributed by atoms with Gasteiger partial charge in [0.05, 0.1) is 11.6 Å². The molecule has 3 atom stereocenters. The zero-order valence-corrected chi connectivity index (χ0v) is 25.9. The fraction of sp³-hybridized carbons (Fsp3) is 0.758. The van der Waals surface area contributed by atoms with Gasteiger partial charge in [-0.3, -0.25) is 9.69 Å². The van der Waals surface area contributed by atoms with Crippen molar-refractivity contribution < 1.29 is 32.6 Å². The molecule has 1 aromatic rings. The van der Waals surface area contributed by atoms with Gasteiger partial charge in [0.25, 0.3) is 0 Å². The van der Waals surface area contributed by atoms with Crippen molar-refractivity contribution in [1.82, 2.24) is 20.0 Å². The molecule has 3 amide bonds. The van der Waals surface area contributed by atoms with Gasteiger partial charge in [-0.2, -0.15) is 13.2 Å². The third kappa shape index (κ3) is 5.96. The predicted molar refractivity (Wildman–Crippen MR) is 159 cm³/mol. The lowest BCUT2D eigenvalue weighted by Gasteiger charge is -2.49. The molecule has 4 heterocycles. The second-order valence-corrected chi connectivity index (χ2v) is 14.3. The lowest BCUT2D eigenvalue weighted by molar-refractivity contribution is -0.296. The SMILES string of the molecule is CC(C)N1C(=O)N(CC2CCOCC2)CC12CC1CCC(C2)N1CC[C@H](NC(=O)C1CC(O)(C(F)(F)F)C1)c1ccccc1. The maximum absolute atomic E-state index is 13.8. The van der Waals surface area contributed by atoms with Crippen LogP contribution in [0.3, 0.4) is 0 Å². The maximum atomic E-state index is 13.8. The van der Waals surface area contributed by atoms with E-state index < -0.39 is 36.4 Å². The number of alkyl halides is 3. The molecule has 5 aliphatic rings. The van der Waals surface area contributed by atoms with E-state index in [-0.39, 0.29) is 23.7 Å². The number of ether oxygens (including phenoxy) is 1. The van der Waals surface area contributed by atoms with E-state index in [4.69, 9.17) is 4.74 Å². The Morgan fingerprint density at radius 3 is 2.27 bits per heavy atom. The number of hydrogen-bond donors (Lipinski definition) is 2. The zero-order chi connectivity index (χ0) is 31.3. The van der Waals surface area contributed by atoms with Gasteiger partial charge in [-0.05, 0) is 83.1 Å². The number of nitrogens with zero attached hydrogens (tertiary/aromatic N) is 3. The number of carbonyl (C=O) groups is 2. The van der Waals surface area contributed by atoms with Gasteiger partial charge in [0.15, 0.2) is 5.60 Å². The second-order valence-electron chi connectivity index (χ2n) is 14.3. The number of carbonyl (C=O) groups excluding carboxylic acids is 2. The number of aliphatic hydroxyl groups is 1. The third-order valence-corrected chi connectivity index (χ3v) is 11.1. The van der Waals surface area contributed by atoms with Crippen molar-refractivity contribution in [2.75, 3.05) is 32.8 Å². The Bertz CT molecular complexity index is 1170. The second kappa shape index (κ2) is 12.1. The highest BCUT2D eigenvalue weighted by atomic mass is 19.4. The van der Waals surface area contributed by atoms with E-state index in [0.717, 1.165) is 76.9 Å². The lowest BCUT2D eigenvalue weighted by Crippen LogP contribution is -2.60. The number of urea groups is 1. The summed E-state index contributed by atoms with van der Waals surface area (Å²) in [6.07, 6.45) is 0.716. The number of rotatable bonds is 9. The highest BCUT2D eigenvalue weighted by Crippen LogP contribution is 2.50. The van der Waals surface area contributed by atoms with Crippen LogP contribution in [0.4, 0.5) is 18.0 Å². The summed E-state index contributed by atoms with van der Waals surface area (Å²) in [5.74, 6) is -0.805. The van der Waals surface area contributed by atoms with Crippen LogP contribution in [-0.4, -0.2) is 100 Å². The minimum absolute atomic E-state index is 0.118. The highest BCUT2D eigenvalue weighted by Gasteiger charge is 2.63. The van der Waals surface area contributed by atoms with Crippen molar-refractivity contribution in [3.8, 4) is 0 Å². The molecule has 6 rings (SSSR count). The maximum Gasteiger partial charge on any atom is 0.417 e. The summed E-state index contributed by atoms with van der Waals surface area (Å²) in [7, 11) is 0. The third-order valence-electron chi connectivity index (χ3n) is 11.1. The fourth-order valence-corrected chi connectivity index (χ4v) is 8.86. The highest BCUT2D eigenvalue weighted by molar-refractivity contribution is 5.80. The quantitative estimate of drug-likeness (QED) is 0.412. The van der Waals surface area contributed by atoms with Crippen molar-refractivity contribution in [1.29, 1.82) is 0 Å². The Morgan fingerprint density at radius 2 is 1.68 bits per heavy atom. The number of fused-ring (bicyclic) bond motifs is 2. The monoisotopic (exact) mass is 620 g/mol. The van der Waals surface area contributed by atoms with Crippen LogP contribution in [0.1, 0.15) is 83.2 Å². The van der Waals surface area contributed by atoms with Gasteiger partial charge in [-0.25, -0.2) is 4.79 Å². The normalized spacial score (nSPS) is 33.7. The molecule has 4 aliphatic heterocycles. The van der Waals surface area contributed by atoms with E-state index in [9.17, 15) is 27.9 Å². The van der Waals surface area contributed by atoms with Crippen LogP contribution >= 0.6 is 0 Å². The van der Waals surface area contributed by atoms with Crippen LogP contribution in [0.25, 0.3) is 0 Å². The standard InChI is InChI=1S/C33H47F3N4O4/c1-22(2)40-30(42)38(20-23-11-14-44-15-12-23)21-31(40)18-26-8-9-27(19-31)39(26)13-10-28(24-6-4-3-5-7-24)37-29(41)25-16-32(43,17-25)33(34,35)36/h3-7,22-23,25-28,43H,8-21H2,1-2H3,(H,37,41)/t25?,26?,27?,28-,31?,32?/m0/s1. The largest absolute Gasteiger partial charge is 0.417 e. The van der Waals surface area contributed by atoms with Crippen LogP contribution in [0.2, 0.25) is 0 Å². The Balaban J connectivity index is 1.11. The number of hydrogen-bond acceptors (Lipinski definition) is 5. The number of nitrogens with one attached hydrogen (secondary N) is 1. The van der Waals surface area contributed by atoms with Gasteiger partial charge >= 0.3 is 12.2 Å². The van der Waals surface area contributed by atoms with Crippen LogP contribution in [-0.2, 0) is 9.53 Å². The van der Waals surface area contributed by atoms with Gasteiger partial charge in [0.1, 0.15) is 0 Å². The molecule has 4 saturated heterocycles. The minimum atomic E-state index is -4.73. The van der Waals surface area contributed by atoms with Gasteiger partial charge in [0.2, 0.25) is 5.91 Å². The fourth-order valence-electron chi connectivity index (χ4n) is 8.86. The molecule has 44 heavy (non-hydrogen) atoms. The summed E-state index contributed by atoms with van der Waals surface area (Å²) < 4.78 is 45.0.